The van der Waals surface area contributed by atoms with E-state index in [4.69, 9.17) is 9.47 Å². The van der Waals surface area contributed by atoms with Crippen molar-refractivity contribution in [3.05, 3.63) is 62.2 Å². The molecule has 0 unspecified atom stereocenters. The van der Waals surface area contributed by atoms with Crippen LogP contribution < -0.4 is 14.9 Å². The number of nitro benzene ring substituents is 2. The number of hydrogen-bond donors (Lipinski definition) is 1. The minimum atomic E-state index is -0.712. The van der Waals surface area contributed by atoms with Gasteiger partial charge in [0.1, 0.15) is 17.2 Å². The number of nitrogens with one attached hydrogen (secondary N) is 1. The third kappa shape index (κ3) is 6.16. The van der Waals surface area contributed by atoms with Crippen LogP contribution in [0.3, 0.4) is 0 Å². The van der Waals surface area contributed by atoms with Crippen LogP contribution in [-0.2, 0) is 0 Å². The minimum absolute atomic E-state index is 0.00534. The molecule has 0 atom stereocenters. The van der Waals surface area contributed by atoms with Crippen LogP contribution in [-0.4, -0.2) is 28.3 Å². The molecule has 0 aliphatic rings. The Kier molecular flexibility index (Phi) is 7.07. The number of nitrogens with zero attached hydrogens (tertiary/aromatic N) is 3. The van der Waals surface area contributed by atoms with Gasteiger partial charge in [-0.2, -0.15) is 5.10 Å². The van der Waals surface area contributed by atoms with Gasteiger partial charge in [-0.1, -0.05) is 0 Å². The lowest BCUT2D eigenvalue weighted by Gasteiger charge is -2.15. The van der Waals surface area contributed by atoms with Gasteiger partial charge in [-0.3, -0.25) is 25.7 Å². The monoisotopic (exact) mass is 402 g/mol. The summed E-state index contributed by atoms with van der Waals surface area (Å²) in [6.07, 6.45) is 1.37. The van der Waals surface area contributed by atoms with Gasteiger partial charge < -0.3 is 9.47 Å². The van der Waals surface area contributed by atoms with Gasteiger partial charge >= 0.3 is 5.69 Å². The Morgan fingerprint density at radius 2 is 1.66 bits per heavy atom. The minimum Gasteiger partial charge on any atom is -0.491 e. The lowest BCUT2D eigenvalue weighted by atomic mass is 10.2. The molecule has 154 valence electrons. The Labute approximate surface area is 167 Å². The zero-order valence-electron chi connectivity index (χ0n) is 16.5. The molecule has 0 saturated carbocycles. The van der Waals surface area contributed by atoms with Crippen LogP contribution in [0.4, 0.5) is 17.1 Å². The molecule has 2 aromatic carbocycles. The smallest absolute Gasteiger partial charge is 0.301 e. The topological polar surface area (TPSA) is 129 Å². The predicted molar refractivity (Wildman–Crippen MR) is 109 cm³/mol. The molecule has 10 heteroatoms. The van der Waals surface area contributed by atoms with Crippen LogP contribution in [0.25, 0.3) is 0 Å². The normalized spacial score (nSPS) is 11.1. The first kappa shape index (κ1) is 21.6. The summed E-state index contributed by atoms with van der Waals surface area (Å²) in [4.78, 5) is 20.6. The van der Waals surface area contributed by atoms with Crippen LogP contribution >= 0.6 is 0 Å². The van der Waals surface area contributed by atoms with Crippen LogP contribution in [0.1, 0.15) is 33.3 Å². The fraction of sp³-hybridized carbons (Fsp3) is 0.316. The maximum atomic E-state index is 11.2. The Morgan fingerprint density at radius 3 is 2.24 bits per heavy atom. The molecular weight excluding hydrogens is 380 g/mol. The Bertz CT molecular complexity index is 927. The number of non-ortho nitro benzene ring substituents is 1. The molecule has 2 rings (SSSR count). The molecule has 10 nitrogen and oxygen atoms in total. The summed E-state index contributed by atoms with van der Waals surface area (Å²) in [5.74, 6) is 1.19. The van der Waals surface area contributed by atoms with Crippen molar-refractivity contribution in [2.24, 2.45) is 5.10 Å². The molecule has 1 N–H and O–H groups in total. The van der Waals surface area contributed by atoms with Crippen molar-refractivity contribution in [2.45, 2.75) is 39.9 Å². The molecule has 0 aromatic heterocycles. The van der Waals surface area contributed by atoms with Gasteiger partial charge in [-0.15, -0.1) is 0 Å². The van der Waals surface area contributed by atoms with Crippen molar-refractivity contribution in [2.75, 3.05) is 5.43 Å². The lowest BCUT2D eigenvalue weighted by Crippen LogP contribution is -2.09. The molecule has 2 aromatic rings. The Hall–Kier alpha value is -3.69. The van der Waals surface area contributed by atoms with E-state index < -0.39 is 15.5 Å². The zero-order chi connectivity index (χ0) is 21.6. The van der Waals surface area contributed by atoms with E-state index >= 15 is 0 Å². The fourth-order valence-electron chi connectivity index (χ4n) is 2.37. The number of hydrogen-bond acceptors (Lipinski definition) is 8. The van der Waals surface area contributed by atoms with Gasteiger partial charge in [0, 0.05) is 17.7 Å². The second-order valence-corrected chi connectivity index (χ2v) is 6.62. The van der Waals surface area contributed by atoms with E-state index in [9.17, 15) is 20.2 Å². The van der Waals surface area contributed by atoms with Gasteiger partial charge in [-0.25, -0.2) is 0 Å². The van der Waals surface area contributed by atoms with Gasteiger partial charge in [0.2, 0.25) is 0 Å². The highest BCUT2D eigenvalue weighted by Gasteiger charge is 2.19. The summed E-state index contributed by atoms with van der Waals surface area (Å²) >= 11 is 0. The zero-order valence-corrected chi connectivity index (χ0v) is 16.5. The number of hydrazone groups is 1. The van der Waals surface area contributed by atoms with Crippen LogP contribution in [0.15, 0.2) is 41.5 Å². The first-order chi connectivity index (χ1) is 13.7. The van der Waals surface area contributed by atoms with E-state index in [-0.39, 0.29) is 23.6 Å². The first-order valence-electron chi connectivity index (χ1n) is 8.86. The van der Waals surface area contributed by atoms with E-state index in [1.165, 1.54) is 12.3 Å². The average Bonchev–Trinajstić information content (AvgIpc) is 2.62. The molecule has 0 heterocycles. The maximum Gasteiger partial charge on any atom is 0.301 e. The lowest BCUT2D eigenvalue weighted by molar-refractivity contribution is -0.393. The number of nitro groups is 2. The summed E-state index contributed by atoms with van der Waals surface area (Å²) in [6.45, 7) is 7.60. The van der Waals surface area contributed by atoms with Crippen LogP contribution in [0.5, 0.6) is 11.5 Å². The summed E-state index contributed by atoms with van der Waals surface area (Å²) in [7, 11) is 0. The van der Waals surface area contributed by atoms with E-state index in [2.05, 4.69) is 10.5 Å². The number of rotatable bonds is 9. The van der Waals surface area contributed by atoms with E-state index in [1.54, 1.807) is 18.2 Å². The summed E-state index contributed by atoms with van der Waals surface area (Å²) in [5.41, 5.74) is 2.39. The third-order valence-corrected chi connectivity index (χ3v) is 3.50. The van der Waals surface area contributed by atoms with Gasteiger partial charge in [0.05, 0.1) is 34.3 Å². The quantitative estimate of drug-likeness (QED) is 0.371. The second-order valence-electron chi connectivity index (χ2n) is 6.62. The molecule has 0 radical (unpaired) electrons. The molecule has 0 aliphatic heterocycles. The molecule has 0 fully saturated rings. The predicted octanol–water partition coefficient (Wildman–Crippen LogP) is 4.52. The molecule has 0 saturated heterocycles. The van der Waals surface area contributed by atoms with Crippen molar-refractivity contribution in [1.82, 2.24) is 0 Å². The molecule has 0 aliphatic carbocycles. The standard InChI is InChI=1S/C19H22N4O6/c1-12(2)28-16-7-5-14(19(10-16)29-13(3)4)11-20-21-17-8-6-15(22(24)25)9-18(17)23(26)27/h5-13,21H,1-4H3/b20-11-. The fourth-order valence-corrected chi connectivity index (χ4v) is 2.37. The summed E-state index contributed by atoms with van der Waals surface area (Å²) in [5, 5.41) is 26.0. The van der Waals surface area contributed by atoms with Gasteiger partial charge in [-0.05, 0) is 45.9 Å². The van der Waals surface area contributed by atoms with Crippen molar-refractivity contribution in [3.63, 3.8) is 0 Å². The molecule has 0 amide bonds. The highest BCUT2D eigenvalue weighted by molar-refractivity contribution is 5.84. The molecule has 29 heavy (non-hydrogen) atoms. The van der Waals surface area contributed by atoms with E-state index in [0.717, 1.165) is 12.1 Å². The van der Waals surface area contributed by atoms with Crippen molar-refractivity contribution >= 4 is 23.3 Å². The summed E-state index contributed by atoms with van der Waals surface area (Å²) in [6, 6.07) is 8.54. The number of benzene rings is 2. The van der Waals surface area contributed by atoms with Gasteiger partial charge in [0.15, 0.2) is 0 Å². The molecule has 0 bridgehead atoms. The van der Waals surface area contributed by atoms with Crippen molar-refractivity contribution in [1.29, 1.82) is 0 Å². The largest absolute Gasteiger partial charge is 0.491 e. The second kappa shape index (κ2) is 9.49. The van der Waals surface area contributed by atoms with Crippen LogP contribution in [0.2, 0.25) is 0 Å². The van der Waals surface area contributed by atoms with Crippen molar-refractivity contribution in [3.8, 4) is 11.5 Å². The highest BCUT2D eigenvalue weighted by Crippen LogP contribution is 2.29. The van der Waals surface area contributed by atoms with E-state index in [0.29, 0.717) is 17.1 Å². The molecular formula is C19H22N4O6. The number of ether oxygens (including phenoxy) is 2. The van der Waals surface area contributed by atoms with Crippen LogP contribution in [0, 0.1) is 20.2 Å². The van der Waals surface area contributed by atoms with E-state index in [1.807, 2.05) is 27.7 Å². The third-order valence-electron chi connectivity index (χ3n) is 3.50. The number of anilines is 1. The van der Waals surface area contributed by atoms with Gasteiger partial charge in [0.25, 0.3) is 5.69 Å². The highest BCUT2D eigenvalue weighted by atomic mass is 16.6. The SMILES string of the molecule is CC(C)Oc1ccc(/C=N\Nc2ccc([N+](=O)[O-])cc2[N+](=O)[O-])c(OC(C)C)c1. The first-order valence-corrected chi connectivity index (χ1v) is 8.86. The maximum absolute atomic E-state index is 11.2. The summed E-state index contributed by atoms with van der Waals surface area (Å²) < 4.78 is 11.5. The Balaban J connectivity index is 2.27. The molecule has 0 spiro atoms. The van der Waals surface area contributed by atoms with Crippen molar-refractivity contribution < 1.29 is 19.3 Å². The Morgan fingerprint density at radius 1 is 0.966 bits per heavy atom. The average molecular weight is 402 g/mol.